The van der Waals surface area contributed by atoms with E-state index in [1.807, 2.05) is 6.92 Å². The van der Waals surface area contributed by atoms with Crippen LogP contribution < -0.4 is 5.32 Å². The third kappa shape index (κ3) is 5.60. The molecule has 0 spiro atoms. The van der Waals surface area contributed by atoms with Gasteiger partial charge in [0.2, 0.25) is 5.91 Å². The lowest BCUT2D eigenvalue weighted by molar-refractivity contribution is -0.127. The largest absolute Gasteiger partial charge is 0.389 e. The van der Waals surface area contributed by atoms with E-state index < -0.39 is 5.60 Å². The van der Waals surface area contributed by atoms with Gasteiger partial charge in [0.15, 0.2) is 0 Å². The fourth-order valence-corrected chi connectivity index (χ4v) is 0.722. The van der Waals surface area contributed by atoms with Crippen LogP contribution in [0.25, 0.3) is 0 Å². The number of nitrogens with one attached hydrogen (secondary N) is 1. The molecule has 0 rings (SSSR count). The smallest absolute Gasteiger partial charge is 0.236 e. The van der Waals surface area contributed by atoms with Gasteiger partial charge in [-0.3, -0.25) is 4.79 Å². The average Bonchev–Trinajstić information content (AvgIpc) is 2.04. The molecule has 0 saturated carbocycles. The Hall–Kier alpha value is -0.610. The highest BCUT2D eigenvalue weighted by atomic mass is 16.3. The molecule has 0 aliphatic carbocycles. The molecule has 0 heterocycles. The van der Waals surface area contributed by atoms with Crippen LogP contribution in [0.15, 0.2) is 0 Å². The summed E-state index contributed by atoms with van der Waals surface area (Å²) in [6.07, 6.45) is 0.677. The summed E-state index contributed by atoms with van der Waals surface area (Å²) in [5, 5.41) is 12.5. The van der Waals surface area contributed by atoms with Crippen LogP contribution in [0.1, 0.15) is 20.3 Å². The van der Waals surface area contributed by atoms with E-state index >= 15 is 0 Å². The molecule has 0 aromatic heterocycles. The Balaban J connectivity index is 3.62. The van der Waals surface area contributed by atoms with Crippen LogP contribution in [0.3, 0.4) is 0 Å². The van der Waals surface area contributed by atoms with E-state index in [0.717, 1.165) is 0 Å². The number of hydrogen-bond donors (Lipinski definition) is 2. The van der Waals surface area contributed by atoms with Crippen LogP contribution >= 0.6 is 0 Å². The van der Waals surface area contributed by atoms with E-state index in [1.165, 1.54) is 4.90 Å². The Bertz CT molecular complexity index is 167. The normalized spacial score (nSPS) is 15.2. The van der Waals surface area contributed by atoms with Crippen molar-refractivity contribution >= 4 is 5.91 Å². The summed E-state index contributed by atoms with van der Waals surface area (Å²) < 4.78 is 0. The molecule has 0 fully saturated rings. The zero-order valence-corrected chi connectivity index (χ0v) is 8.92. The van der Waals surface area contributed by atoms with Gasteiger partial charge in [-0.15, -0.1) is 0 Å². The fraction of sp³-hybridized carbons (Fsp3) is 0.889. The molecule has 1 atom stereocenters. The lowest BCUT2D eigenvalue weighted by Gasteiger charge is -2.22. The lowest BCUT2D eigenvalue weighted by Crippen LogP contribution is -2.41. The molecule has 78 valence electrons. The second-order valence-corrected chi connectivity index (χ2v) is 3.74. The number of amides is 1. The third-order valence-electron chi connectivity index (χ3n) is 2.04. The first-order chi connectivity index (χ1) is 5.89. The van der Waals surface area contributed by atoms with Crippen LogP contribution in [0.5, 0.6) is 0 Å². The maximum Gasteiger partial charge on any atom is 0.236 e. The first kappa shape index (κ1) is 12.4. The number of carbonyl (C=O) groups is 1. The summed E-state index contributed by atoms with van der Waals surface area (Å²) in [7, 11) is 3.42. The van der Waals surface area contributed by atoms with E-state index in [4.69, 9.17) is 0 Å². The van der Waals surface area contributed by atoms with Gasteiger partial charge in [-0.25, -0.2) is 0 Å². The first-order valence-electron chi connectivity index (χ1n) is 4.52. The molecule has 0 bridgehead atoms. The number of aliphatic hydroxyl groups is 1. The molecular weight excluding hydrogens is 168 g/mol. The Morgan fingerprint density at radius 1 is 1.54 bits per heavy atom. The van der Waals surface area contributed by atoms with Crippen LogP contribution in [0.2, 0.25) is 0 Å². The molecule has 0 aromatic rings. The predicted octanol–water partition coefficient (Wildman–Crippen LogP) is -0.175. The SMILES string of the molecule is CCC(C)(O)CNCC(=O)N(C)C. The molecule has 4 heteroatoms. The number of rotatable bonds is 5. The van der Waals surface area contributed by atoms with Crippen molar-refractivity contribution in [2.24, 2.45) is 0 Å². The summed E-state index contributed by atoms with van der Waals surface area (Å²) in [6, 6.07) is 0. The zero-order chi connectivity index (χ0) is 10.5. The predicted molar refractivity (Wildman–Crippen MR) is 52.5 cm³/mol. The van der Waals surface area contributed by atoms with Crippen molar-refractivity contribution in [2.45, 2.75) is 25.9 Å². The van der Waals surface area contributed by atoms with E-state index in [9.17, 15) is 9.90 Å². The third-order valence-corrected chi connectivity index (χ3v) is 2.04. The summed E-state index contributed by atoms with van der Waals surface area (Å²) >= 11 is 0. The van der Waals surface area contributed by atoms with Gasteiger partial charge in [-0.1, -0.05) is 6.92 Å². The van der Waals surface area contributed by atoms with Gasteiger partial charge < -0.3 is 15.3 Å². The summed E-state index contributed by atoms with van der Waals surface area (Å²) in [5.41, 5.74) is -0.716. The summed E-state index contributed by atoms with van der Waals surface area (Å²) in [6.45, 7) is 4.39. The number of carbonyl (C=O) groups excluding carboxylic acids is 1. The van der Waals surface area contributed by atoms with Crippen molar-refractivity contribution < 1.29 is 9.90 Å². The van der Waals surface area contributed by atoms with Gasteiger partial charge in [-0.05, 0) is 13.3 Å². The van der Waals surface area contributed by atoms with Crippen LogP contribution in [-0.2, 0) is 4.79 Å². The fourth-order valence-electron chi connectivity index (χ4n) is 0.722. The average molecular weight is 188 g/mol. The monoisotopic (exact) mass is 188 g/mol. The van der Waals surface area contributed by atoms with Gasteiger partial charge in [0, 0.05) is 20.6 Å². The van der Waals surface area contributed by atoms with Crippen molar-refractivity contribution in [1.82, 2.24) is 10.2 Å². The number of likely N-dealkylation sites (N-methyl/N-ethyl adjacent to an activating group) is 1. The topological polar surface area (TPSA) is 52.6 Å². The minimum Gasteiger partial charge on any atom is -0.389 e. The Morgan fingerprint density at radius 3 is 2.46 bits per heavy atom. The van der Waals surface area contributed by atoms with E-state index in [1.54, 1.807) is 21.0 Å². The standard InChI is InChI=1S/C9H20N2O2/c1-5-9(2,13)7-10-6-8(12)11(3)4/h10,13H,5-7H2,1-4H3. The lowest BCUT2D eigenvalue weighted by atomic mass is 10.0. The number of hydrogen-bond acceptors (Lipinski definition) is 3. The van der Waals surface area contributed by atoms with Gasteiger partial charge in [0.1, 0.15) is 0 Å². The van der Waals surface area contributed by atoms with E-state index in [-0.39, 0.29) is 12.5 Å². The summed E-state index contributed by atoms with van der Waals surface area (Å²) in [4.78, 5) is 12.6. The molecular formula is C9H20N2O2. The molecule has 0 aliphatic rings. The van der Waals surface area contributed by atoms with Crippen LogP contribution in [0, 0.1) is 0 Å². The maximum atomic E-state index is 11.1. The molecule has 4 nitrogen and oxygen atoms in total. The Morgan fingerprint density at radius 2 is 2.08 bits per heavy atom. The van der Waals surface area contributed by atoms with Gasteiger partial charge in [0.25, 0.3) is 0 Å². The molecule has 0 radical (unpaired) electrons. The highest BCUT2D eigenvalue weighted by Gasteiger charge is 2.17. The van der Waals surface area contributed by atoms with Crippen molar-refractivity contribution in [3.8, 4) is 0 Å². The molecule has 0 aliphatic heterocycles. The van der Waals surface area contributed by atoms with Crippen LogP contribution in [0.4, 0.5) is 0 Å². The minimum atomic E-state index is -0.716. The highest BCUT2D eigenvalue weighted by molar-refractivity contribution is 5.77. The van der Waals surface area contributed by atoms with Crippen molar-refractivity contribution in [3.05, 3.63) is 0 Å². The molecule has 0 aromatic carbocycles. The van der Waals surface area contributed by atoms with Crippen LogP contribution in [-0.4, -0.2) is 48.7 Å². The van der Waals surface area contributed by atoms with E-state index in [2.05, 4.69) is 5.32 Å². The zero-order valence-electron chi connectivity index (χ0n) is 8.92. The van der Waals surface area contributed by atoms with Crippen molar-refractivity contribution in [1.29, 1.82) is 0 Å². The summed E-state index contributed by atoms with van der Waals surface area (Å²) in [5.74, 6) is 0.0203. The van der Waals surface area contributed by atoms with Crippen molar-refractivity contribution in [2.75, 3.05) is 27.2 Å². The van der Waals surface area contributed by atoms with Gasteiger partial charge in [0.05, 0.1) is 12.1 Å². The second-order valence-electron chi connectivity index (χ2n) is 3.74. The molecule has 13 heavy (non-hydrogen) atoms. The first-order valence-corrected chi connectivity index (χ1v) is 4.52. The van der Waals surface area contributed by atoms with E-state index in [0.29, 0.717) is 13.0 Å². The highest BCUT2D eigenvalue weighted by Crippen LogP contribution is 2.05. The minimum absolute atomic E-state index is 0.0203. The van der Waals surface area contributed by atoms with Crippen molar-refractivity contribution in [3.63, 3.8) is 0 Å². The molecule has 1 unspecified atom stereocenters. The Labute approximate surface area is 79.9 Å². The van der Waals surface area contributed by atoms with Gasteiger partial charge in [-0.2, -0.15) is 0 Å². The quantitative estimate of drug-likeness (QED) is 0.629. The maximum absolute atomic E-state index is 11.1. The number of nitrogens with zero attached hydrogens (tertiary/aromatic N) is 1. The molecule has 1 amide bonds. The molecule has 0 saturated heterocycles. The second kappa shape index (κ2) is 5.19. The molecule has 2 N–H and O–H groups in total. The Kier molecular flexibility index (Phi) is 4.95. The van der Waals surface area contributed by atoms with Gasteiger partial charge >= 0.3 is 0 Å².